The van der Waals surface area contributed by atoms with Gasteiger partial charge in [-0.05, 0) is 74.2 Å². The molecule has 0 aromatic heterocycles. The van der Waals surface area contributed by atoms with E-state index in [0.717, 1.165) is 51.7 Å². The zero-order chi connectivity index (χ0) is 20.9. The molecule has 0 amide bonds. The topological polar surface area (TPSA) is 27.0 Å². The molecule has 0 bridgehead atoms. The smallest absolute Gasteiger partial charge is 0.100 e. The Labute approximate surface area is 176 Å². The molecular formula is C26H35FN2. The number of nitrogens with zero attached hydrogens (tertiary/aromatic N) is 2. The number of halogens is 1. The van der Waals surface area contributed by atoms with Crippen molar-refractivity contribution < 1.29 is 4.39 Å². The third-order valence-electron chi connectivity index (χ3n) is 5.74. The zero-order valence-corrected chi connectivity index (χ0v) is 18.0. The van der Waals surface area contributed by atoms with E-state index in [0.29, 0.717) is 5.92 Å². The molecule has 0 N–H and O–H groups in total. The third-order valence-corrected chi connectivity index (χ3v) is 5.74. The molecule has 1 aliphatic rings. The van der Waals surface area contributed by atoms with E-state index < -0.39 is 6.17 Å². The summed E-state index contributed by atoms with van der Waals surface area (Å²) in [4.78, 5) is 2.51. The fourth-order valence-corrected chi connectivity index (χ4v) is 4.04. The van der Waals surface area contributed by atoms with Crippen molar-refractivity contribution in [2.45, 2.75) is 71.0 Å². The lowest BCUT2D eigenvalue weighted by Gasteiger charge is -2.24. The van der Waals surface area contributed by atoms with Crippen molar-refractivity contribution >= 4 is 0 Å². The second-order valence-electron chi connectivity index (χ2n) is 7.87. The average Bonchev–Trinajstić information content (AvgIpc) is 2.75. The summed E-state index contributed by atoms with van der Waals surface area (Å²) >= 11 is 0. The van der Waals surface area contributed by atoms with Gasteiger partial charge < -0.3 is 0 Å². The summed E-state index contributed by atoms with van der Waals surface area (Å²) in [6, 6.07) is 21.6. The first-order chi connectivity index (χ1) is 14.2. The van der Waals surface area contributed by atoms with Crippen LogP contribution in [0.1, 0.15) is 68.6 Å². The van der Waals surface area contributed by atoms with Gasteiger partial charge in [0.25, 0.3) is 0 Å². The van der Waals surface area contributed by atoms with Crippen LogP contribution in [-0.4, -0.2) is 24.2 Å². The van der Waals surface area contributed by atoms with Crippen LogP contribution in [0.2, 0.25) is 0 Å². The molecule has 0 heterocycles. The number of aryl methyl sites for hydroxylation is 1. The van der Waals surface area contributed by atoms with Crippen molar-refractivity contribution in [3.8, 4) is 6.07 Å². The molecule has 3 heteroatoms. The summed E-state index contributed by atoms with van der Waals surface area (Å²) in [5, 5.41) is 7.32. The summed E-state index contributed by atoms with van der Waals surface area (Å²) in [6.07, 6.45) is 5.23. The highest BCUT2D eigenvalue weighted by atomic mass is 19.1. The number of hydrogen-bond donors (Lipinski definition) is 0. The summed E-state index contributed by atoms with van der Waals surface area (Å²) in [6.45, 7) is 6.93. The number of benzene rings is 2. The van der Waals surface area contributed by atoms with E-state index in [9.17, 15) is 4.39 Å². The summed E-state index contributed by atoms with van der Waals surface area (Å²) in [5.41, 5.74) is 4.21. The van der Waals surface area contributed by atoms with Gasteiger partial charge in [-0.2, -0.15) is 5.26 Å². The Morgan fingerprint density at radius 3 is 2.17 bits per heavy atom. The largest absolute Gasteiger partial charge is 0.299 e. The molecule has 2 aromatic carbocycles. The lowest BCUT2D eigenvalue weighted by Crippen LogP contribution is -2.24. The van der Waals surface area contributed by atoms with Crippen LogP contribution in [0.5, 0.6) is 0 Å². The van der Waals surface area contributed by atoms with Gasteiger partial charge in [0, 0.05) is 13.5 Å². The van der Waals surface area contributed by atoms with Crippen LogP contribution in [0.3, 0.4) is 0 Å². The van der Waals surface area contributed by atoms with E-state index in [2.05, 4.69) is 66.4 Å². The van der Waals surface area contributed by atoms with Crippen LogP contribution in [0.25, 0.3) is 0 Å². The standard InChI is InChI=1S/C24H32FN.C2H3N/c1-2-26(19-21-7-4-3-5-8-21)18-6-9-20-10-12-22(13-11-20)23-14-16-24(25)17-15-23;1-2-3/h3-5,7-8,10-13,23-24H,2,6,9,14-19H2,1H3;1H3. The second-order valence-corrected chi connectivity index (χ2v) is 7.87. The predicted octanol–water partition coefficient (Wildman–Crippen LogP) is 6.67. The van der Waals surface area contributed by atoms with Crippen molar-refractivity contribution in [2.75, 3.05) is 13.1 Å². The van der Waals surface area contributed by atoms with Crippen molar-refractivity contribution in [2.24, 2.45) is 0 Å². The monoisotopic (exact) mass is 394 g/mol. The first-order valence-electron chi connectivity index (χ1n) is 11.0. The Morgan fingerprint density at radius 2 is 1.59 bits per heavy atom. The van der Waals surface area contributed by atoms with Crippen LogP contribution in [0.4, 0.5) is 4.39 Å². The van der Waals surface area contributed by atoms with E-state index in [1.807, 2.05) is 0 Å². The van der Waals surface area contributed by atoms with Gasteiger partial charge in [0.2, 0.25) is 0 Å². The fraction of sp³-hybridized carbons (Fsp3) is 0.500. The maximum Gasteiger partial charge on any atom is 0.100 e. The van der Waals surface area contributed by atoms with Gasteiger partial charge in [0.05, 0.1) is 6.07 Å². The predicted molar refractivity (Wildman–Crippen MR) is 120 cm³/mol. The van der Waals surface area contributed by atoms with Gasteiger partial charge in [-0.15, -0.1) is 0 Å². The average molecular weight is 395 g/mol. The van der Waals surface area contributed by atoms with Gasteiger partial charge in [-0.25, -0.2) is 4.39 Å². The van der Waals surface area contributed by atoms with Crippen molar-refractivity contribution in [1.29, 1.82) is 5.26 Å². The molecule has 2 nitrogen and oxygen atoms in total. The fourth-order valence-electron chi connectivity index (χ4n) is 4.04. The van der Waals surface area contributed by atoms with E-state index in [-0.39, 0.29) is 0 Å². The molecule has 0 saturated heterocycles. The molecule has 1 aliphatic carbocycles. The molecule has 1 fully saturated rings. The quantitative estimate of drug-likeness (QED) is 0.500. The minimum Gasteiger partial charge on any atom is -0.299 e. The van der Waals surface area contributed by atoms with Gasteiger partial charge in [-0.1, -0.05) is 61.5 Å². The lowest BCUT2D eigenvalue weighted by molar-refractivity contribution is 0.235. The normalized spacial score (nSPS) is 18.6. The van der Waals surface area contributed by atoms with Crippen molar-refractivity contribution in [3.05, 3.63) is 71.3 Å². The summed E-state index contributed by atoms with van der Waals surface area (Å²) in [7, 11) is 0. The molecule has 1 saturated carbocycles. The molecule has 2 aromatic rings. The maximum absolute atomic E-state index is 13.3. The first-order valence-corrected chi connectivity index (χ1v) is 11.0. The number of alkyl halides is 1. The SMILES string of the molecule is CC#N.CCN(CCCc1ccc(C2CCC(F)CC2)cc1)Cc1ccccc1. The van der Waals surface area contributed by atoms with Crippen LogP contribution in [0, 0.1) is 11.3 Å². The maximum atomic E-state index is 13.3. The minimum absolute atomic E-state index is 0.567. The Kier molecular flexibility index (Phi) is 10.5. The number of nitriles is 1. The van der Waals surface area contributed by atoms with Crippen LogP contribution >= 0.6 is 0 Å². The van der Waals surface area contributed by atoms with E-state index in [1.54, 1.807) is 6.07 Å². The highest BCUT2D eigenvalue weighted by molar-refractivity contribution is 5.26. The Bertz CT molecular complexity index is 713. The molecule has 0 radical (unpaired) electrons. The summed E-state index contributed by atoms with van der Waals surface area (Å²) in [5.74, 6) is 0.567. The van der Waals surface area contributed by atoms with Crippen LogP contribution in [-0.2, 0) is 13.0 Å². The number of rotatable bonds is 8. The Balaban J connectivity index is 0.000000941. The molecule has 156 valence electrons. The second kappa shape index (κ2) is 13.1. The molecule has 0 spiro atoms. The molecular weight excluding hydrogens is 359 g/mol. The Hall–Kier alpha value is -2.18. The van der Waals surface area contributed by atoms with Gasteiger partial charge in [0.15, 0.2) is 0 Å². The Morgan fingerprint density at radius 1 is 0.966 bits per heavy atom. The van der Waals surface area contributed by atoms with Gasteiger partial charge >= 0.3 is 0 Å². The van der Waals surface area contributed by atoms with Crippen molar-refractivity contribution in [1.82, 2.24) is 4.90 Å². The van der Waals surface area contributed by atoms with Gasteiger partial charge in [-0.3, -0.25) is 4.90 Å². The van der Waals surface area contributed by atoms with Crippen molar-refractivity contribution in [3.63, 3.8) is 0 Å². The molecule has 0 atom stereocenters. The van der Waals surface area contributed by atoms with E-state index >= 15 is 0 Å². The third kappa shape index (κ3) is 8.38. The van der Waals surface area contributed by atoms with Crippen LogP contribution < -0.4 is 0 Å². The van der Waals surface area contributed by atoms with Gasteiger partial charge in [0.1, 0.15) is 6.17 Å². The van der Waals surface area contributed by atoms with E-state index in [4.69, 9.17) is 5.26 Å². The highest BCUT2D eigenvalue weighted by Crippen LogP contribution is 2.34. The van der Waals surface area contributed by atoms with E-state index in [1.165, 1.54) is 30.0 Å². The molecule has 0 aliphatic heterocycles. The molecule has 3 rings (SSSR count). The lowest BCUT2D eigenvalue weighted by atomic mass is 9.83. The highest BCUT2D eigenvalue weighted by Gasteiger charge is 2.21. The summed E-state index contributed by atoms with van der Waals surface area (Å²) < 4.78 is 13.3. The molecule has 29 heavy (non-hydrogen) atoms. The number of hydrogen-bond acceptors (Lipinski definition) is 2. The first kappa shape index (κ1) is 23.1. The zero-order valence-electron chi connectivity index (χ0n) is 18.0. The van der Waals surface area contributed by atoms with Crippen LogP contribution in [0.15, 0.2) is 54.6 Å². The minimum atomic E-state index is -0.567. The molecule has 0 unspecified atom stereocenters.